The first-order valence-corrected chi connectivity index (χ1v) is 13.5. The molecule has 1 aliphatic carbocycles. The lowest BCUT2D eigenvalue weighted by Crippen LogP contribution is -2.38. The Hall–Kier alpha value is -2.21. The van der Waals surface area contributed by atoms with Gasteiger partial charge in [0.1, 0.15) is 5.82 Å². The number of nitrogens with two attached hydrogens (primary N) is 1. The summed E-state index contributed by atoms with van der Waals surface area (Å²) in [5.41, 5.74) is 10.1. The Morgan fingerprint density at radius 3 is 2.54 bits per heavy atom. The summed E-state index contributed by atoms with van der Waals surface area (Å²) in [7, 11) is 0. The zero-order chi connectivity index (χ0) is 24.3. The van der Waals surface area contributed by atoms with Gasteiger partial charge in [0.05, 0.1) is 27.0 Å². The van der Waals surface area contributed by atoms with Crippen LogP contribution in [0.3, 0.4) is 0 Å². The van der Waals surface area contributed by atoms with Crippen LogP contribution in [0.2, 0.25) is 5.02 Å². The van der Waals surface area contributed by atoms with Crippen molar-refractivity contribution in [2.75, 3.05) is 19.6 Å². The normalized spacial score (nSPS) is 24.5. The van der Waals surface area contributed by atoms with Crippen LogP contribution in [0.4, 0.5) is 0 Å². The molecule has 1 saturated heterocycles. The number of halogens is 1. The molecular weight excluding hydrogens is 456 g/mol. The number of hydrogen-bond donors (Lipinski definition) is 1. The first kappa shape index (κ1) is 23.2. The van der Waals surface area contributed by atoms with Crippen LogP contribution in [-0.2, 0) is 5.41 Å². The predicted octanol–water partition coefficient (Wildman–Crippen LogP) is 5.38. The summed E-state index contributed by atoms with van der Waals surface area (Å²) in [6.07, 6.45) is 7.36. The second-order valence-electron chi connectivity index (χ2n) is 11.5. The van der Waals surface area contributed by atoms with Crippen LogP contribution in [0.5, 0.6) is 0 Å². The van der Waals surface area contributed by atoms with Crippen molar-refractivity contribution in [1.82, 2.24) is 14.5 Å². The molecule has 0 spiro atoms. The van der Waals surface area contributed by atoms with Gasteiger partial charge in [-0.05, 0) is 107 Å². The smallest absolute Gasteiger partial charge is 0.282 e. The molecule has 0 unspecified atom stereocenters. The van der Waals surface area contributed by atoms with Crippen molar-refractivity contribution >= 4 is 22.5 Å². The minimum Gasteiger partial charge on any atom is -0.328 e. The molecule has 6 rings (SSSR count). The van der Waals surface area contributed by atoms with Crippen LogP contribution in [-0.4, -0.2) is 40.1 Å². The van der Waals surface area contributed by atoms with Crippen LogP contribution in [0.1, 0.15) is 75.2 Å². The Bertz CT molecular complexity index is 1330. The second-order valence-corrected chi connectivity index (χ2v) is 11.9. The molecule has 3 aromatic rings. The molecule has 2 aliphatic heterocycles. The molecule has 2 aromatic carbocycles. The maximum absolute atomic E-state index is 12.9. The Morgan fingerprint density at radius 1 is 1.06 bits per heavy atom. The maximum atomic E-state index is 12.9. The second kappa shape index (κ2) is 8.72. The summed E-state index contributed by atoms with van der Waals surface area (Å²) < 4.78 is 2.14. The third-order valence-corrected chi connectivity index (χ3v) is 9.14. The van der Waals surface area contributed by atoms with Crippen LogP contribution in [0.25, 0.3) is 16.6 Å². The van der Waals surface area contributed by atoms with Gasteiger partial charge in [0.25, 0.3) is 5.56 Å². The molecule has 35 heavy (non-hydrogen) atoms. The molecule has 0 radical (unpaired) electrons. The minimum absolute atomic E-state index is 0.245. The molecule has 5 nitrogen and oxygen atoms in total. The molecule has 2 N–H and O–H groups in total. The Morgan fingerprint density at radius 2 is 1.80 bits per heavy atom. The highest BCUT2D eigenvalue weighted by atomic mass is 35.5. The van der Waals surface area contributed by atoms with E-state index in [-0.39, 0.29) is 11.0 Å². The molecule has 1 aromatic heterocycles. The molecular formula is C29H35ClN4O. The van der Waals surface area contributed by atoms with Crippen molar-refractivity contribution in [2.24, 2.45) is 11.7 Å². The quantitative estimate of drug-likeness (QED) is 0.535. The summed E-state index contributed by atoms with van der Waals surface area (Å²) >= 11 is 6.41. The molecule has 2 fully saturated rings. The largest absolute Gasteiger partial charge is 0.328 e. The van der Waals surface area contributed by atoms with Crippen LogP contribution in [0, 0.1) is 5.92 Å². The number of nitrogens with zero attached hydrogens (tertiary/aromatic N) is 3. The lowest BCUT2D eigenvalue weighted by molar-refractivity contribution is 0.160. The van der Waals surface area contributed by atoms with Gasteiger partial charge in [-0.2, -0.15) is 4.98 Å². The topological polar surface area (TPSA) is 64.2 Å². The van der Waals surface area contributed by atoms with Crippen molar-refractivity contribution in [3.8, 4) is 5.69 Å². The van der Waals surface area contributed by atoms with E-state index in [1.165, 1.54) is 69.3 Å². The molecule has 0 atom stereocenters. The number of aromatic nitrogens is 2. The summed E-state index contributed by atoms with van der Waals surface area (Å²) in [6, 6.07) is 13.0. The fourth-order valence-corrected chi connectivity index (χ4v) is 6.95. The van der Waals surface area contributed by atoms with Gasteiger partial charge in [-0.15, -0.1) is 0 Å². The van der Waals surface area contributed by atoms with Gasteiger partial charge in [-0.25, -0.2) is 0 Å². The van der Waals surface area contributed by atoms with Crippen molar-refractivity contribution in [1.29, 1.82) is 0 Å². The number of rotatable bonds is 3. The molecule has 6 heteroatoms. The zero-order valence-corrected chi connectivity index (χ0v) is 21.5. The van der Waals surface area contributed by atoms with E-state index in [0.29, 0.717) is 22.4 Å². The summed E-state index contributed by atoms with van der Waals surface area (Å²) in [4.78, 5) is 20.1. The standard InChI is InChI=1S/C29H35ClN4O/c1-29(2)22-16-20(19-12-14-33(15-13-19)17-18-6-9-21(31)10-7-18)8-11-24(22)34-25-5-3-4-23(30)26(25)27(35)32-28(29)34/h3-5,8,11,16,18-19,21H,6-7,9-10,12-15,17,31H2,1-2H3. The Labute approximate surface area is 212 Å². The van der Waals surface area contributed by atoms with Crippen LogP contribution < -0.4 is 11.3 Å². The molecule has 0 bridgehead atoms. The van der Waals surface area contributed by atoms with E-state index in [1.807, 2.05) is 12.1 Å². The predicted molar refractivity (Wildman–Crippen MR) is 143 cm³/mol. The first-order valence-electron chi connectivity index (χ1n) is 13.2. The fourth-order valence-electron chi connectivity index (χ4n) is 6.70. The molecule has 184 valence electrons. The van der Waals surface area contributed by atoms with Gasteiger partial charge < -0.3 is 10.6 Å². The van der Waals surface area contributed by atoms with Gasteiger partial charge >= 0.3 is 0 Å². The SMILES string of the molecule is CC1(C)c2cc(C3CCN(CC4CCC(N)CC4)CC3)ccc2-n2c1nc(=O)c1c(Cl)cccc12. The molecule has 3 heterocycles. The van der Waals surface area contributed by atoms with E-state index >= 15 is 0 Å². The van der Waals surface area contributed by atoms with Gasteiger partial charge in [-0.3, -0.25) is 9.36 Å². The number of hydrogen-bond acceptors (Lipinski definition) is 4. The Balaban J connectivity index is 1.26. The first-order chi connectivity index (χ1) is 16.8. The van der Waals surface area contributed by atoms with Crippen LogP contribution >= 0.6 is 11.6 Å². The summed E-state index contributed by atoms with van der Waals surface area (Å²) in [5.74, 6) is 2.20. The lowest BCUT2D eigenvalue weighted by atomic mass is 9.81. The van der Waals surface area contributed by atoms with Gasteiger partial charge in [0.15, 0.2) is 0 Å². The number of fused-ring (bicyclic) bond motifs is 5. The highest BCUT2D eigenvalue weighted by molar-refractivity contribution is 6.35. The van der Waals surface area contributed by atoms with Crippen LogP contribution in [0.15, 0.2) is 41.2 Å². The fraction of sp³-hybridized carbons (Fsp3) is 0.517. The van der Waals surface area contributed by atoms with E-state index in [1.54, 1.807) is 6.07 Å². The molecule has 1 saturated carbocycles. The van der Waals surface area contributed by atoms with E-state index < -0.39 is 0 Å². The third kappa shape index (κ3) is 3.92. The van der Waals surface area contributed by atoms with Crippen molar-refractivity contribution in [3.63, 3.8) is 0 Å². The van der Waals surface area contributed by atoms with E-state index in [2.05, 4.69) is 46.5 Å². The minimum atomic E-state index is -0.344. The average Bonchev–Trinajstić information content (AvgIpc) is 3.07. The maximum Gasteiger partial charge on any atom is 0.282 e. The lowest BCUT2D eigenvalue weighted by Gasteiger charge is -2.36. The van der Waals surface area contributed by atoms with E-state index in [4.69, 9.17) is 17.3 Å². The molecule has 0 amide bonds. The number of benzene rings is 2. The molecule has 3 aliphatic rings. The highest BCUT2D eigenvalue weighted by Gasteiger charge is 2.39. The van der Waals surface area contributed by atoms with Crippen molar-refractivity contribution in [3.05, 3.63) is 68.7 Å². The van der Waals surface area contributed by atoms with Gasteiger partial charge in [0.2, 0.25) is 0 Å². The monoisotopic (exact) mass is 490 g/mol. The summed E-state index contributed by atoms with van der Waals surface area (Å²) in [6.45, 7) is 7.94. The highest BCUT2D eigenvalue weighted by Crippen LogP contribution is 2.44. The van der Waals surface area contributed by atoms with E-state index in [0.717, 1.165) is 22.9 Å². The Kier molecular flexibility index (Phi) is 5.78. The third-order valence-electron chi connectivity index (χ3n) is 8.83. The average molecular weight is 491 g/mol. The number of likely N-dealkylation sites (tertiary alicyclic amines) is 1. The number of piperidine rings is 1. The van der Waals surface area contributed by atoms with E-state index in [9.17, 15) is 4.79 Å². The van der Waals surface area contributed by atoms with Gasteiger partial charge in [-0.1, -0.05) is 29.8 Å². The van der Waals surface area contributed by atoms with Crippen molar-refractivity contribution in [2.45, 2.75) is 69.7 Å². The van der Waals surface area contributed by atoms with Crippen molar-refractivity contribution < 1.29 is 0 Å². The zero-order valence-electron chi connectivity index (χ0n) is 20.8. The van der Waals surface area contributed by atoms with Gasteiger partial charge in [0, 0.05) is 12.6 Å². The summed E-state index contributed by atoms with van der Waals surface area (Å²) in [5, 5.41) is 0.957.